The first-order valence-corrected chi connectivity index (χ1v) is 10.5. The van der Waals surface area contributed by atoms with E-state index in [0.717, 1.165) is 61.1 Å². The molecule has 0 radical (unpaired) electrons. The normalized spacial score (nSPS) is 23.7. The van der Waals surface area contributed by atoms with Crippen LogP contribution in [0.25, 0.3) is 5.69 Å². The van der Waals surface area contributed by atoms with Crippen LogP contribution in [0.4, 0.5) is 0 Å². The van der Waals surface area contributed by atoms with Gasteiger partial charge in [0.25, 0.3) is 0 Å². The molecule has 1 aromatic carbocycles. The number of halogens is 1. The number of rotatable bonds is 5. The molecule has 0 amide bonds. The lowest BCUT2D eigenvalue weighted by Gasteiger charge is -2.30. The van der Waals surface area contributed by atoms with Gasteiger partial charge >= 0.3 is 0 Å². The molecule has 152 valence electrons. The first-order valence-electron chi connectivity index (χ1n) is 10.1. The lowest BCUT2D eigenvalue weighted by molar-refractivity contribution is -0.0538. The first-order chi connectivity index (χ1) is 13.5. The largest absolute Gasteiger partial charge is 0.382 e. The van der Waals surface area contributed by atoms with E-state index in [1.54, 1.807) is 7.11 Å². The summed E-state index contributed by atoms with van der Waals surface area (Å²) in [4.78, 5) is 2.26. The number of fused-ring (bicyclic) bond motifs is 3. The Bertz CT molecular complexity index is 817. The van der Waals surface area contributed by atoms with Crippen molar-refractivity contribution in [3.8, 4) is 5.69 Å². The number of nitrogens with zero attached hydrogens (tertiary/aromatic N) is 4. The van der Waals surface area contributed by atoms with Gasteiger partial charge in [0.1, 0.15) is 5.82 Å². The van der Waals surface area contributed by atoms with Crippen molar-refractivity contribution in [2.24, 2.45) is 0 Å². The molecule has 1 saturated carbocycles. The molecule has 2 aliphatic rings. The molecule has 2 aromatic rings. The predicted octanol–water partition coefficient (Wildman–Crippen LogP) is 3.94. The van der Waals surface area contributed by atoms with E-state index in [4.69, 9.17) is 21.1 Å². The molecule has 7 heteroatoms. The van der Waals surface area contributed by atoms with E-state index >= 15 is 0 Å². The van der Waals surface area contributed by atoms with Gasteiger partial charge in [-0.25, -0.2) is 0 Å². The van der Waals surface area contributed by atoms with E-state index < -0.39 is 0 Å². The van der Waals surface area contributed by atoms with Crippen LogP contribution in [0, 0.1) is 0 Å². The minimum Gasteiger partial charge on any atom is -0.382 e. The van der Waals surface area contributed by atoms with Crippen LogP contribution in [0.15, 0.2) is 18.2 Å². The maximum atomic E-state index is 6.27. The molecule has 1 aliphatic heterocycles. The Balaban J connectivity index is 1.55. The van der Waals surface area contributed by atoms with Gasteiger partial charge in [-0.2, -0.15) is 0 Å². The summed E-state index contributed by atoms with van der Waals surface area (Å²) < 4.78 is 13.6. The molecule has 4 rings (SSSR count). The molecule has 0 saturated heterocycles. The SMILES string of the molecule is COC[C@@H](C)O[C@H]1CC[C@H](c2nnc3n2-c2ccc(Cl)cc2CN(C)C3)CC1. The number of benzene rings is 1. The van der Waals surface area contributed by atoms with Gasteiger partial charge in [-0.1, -0.05) is 11.6 Å². The predicted molar refractivity (Wildman–Crippen MR) is 109 cm³/mol. The van der Waals surface area contributed by atoms with E-state index in [9.17, 15) is 0 Å². The third-order valence-corrected chi connectivity index (χ3v) is 5.99. The summed E-state index contributed by atoms with van der Waals surface area (Å²) >= 11 is 6.27. The van der Waals surface area contributed by atoms with Gasteiger partial charge in [-0.05, 0) is 63.4 Å². The van der Waals surface area contributed by atoms with Gasteiger partial charge in [0.05, 0.1) is 31.0 Å². The van der Waals surface area contributed by atoms with Crippen LogP contribution < -0.4 is 0 Å². The third-order valence-electron chi connectivity index (χ3n) is 5.75. The lowest BCUT2D eigenvalue weighted by Crippen LogP contribution is -2.28. The molecular weight excluding hydrogens is 376 g/mol. The van der Waals surface area contributed by atoms with Crippen molar-refractivity contribution < 1.29 is 9.47 Å². The van der Waals surface area contributed by atoms with E-state index in [0.29, 0.717) is 18.6 Å². The zero-order valence-electron chi connectivity index (χ0n) is 16.9. The molecule has 0 unspecified atom stereocenters. The highest BCUT2D eigenvalue weighted by Gasteiger charge is 2.30. The van der Waals surface area contributed by atoms with Crippen molar-refractivity contribution in [2.75, 3.05) is 20.8 Å². The van der Waals surface area contributed by atoms with Gasteiger partial charge in [-0.15, -0.1) is 10.2 Å². The maximum Gasteiger partial charge on any atom is 0.151 e. The van der Waals surface area contributed by atoms with Gasteiger partial charge < -0.3 is 9.47 Å². The van der Waals surface area contributed by atoms with Crippen molar-refractivity contribution in [2.45, 2.75) is 63.8 Å². The lowest BCUT2D eigenvalue weighted by atomic mass is 9.86. The Labute approximate surface area is 171 Å². The van der Waals surface area contributed by atoms with Crippen molar-refractivity contribution in [3.63, 3.8) is 0 Å². The van der Waals surface area contributed by atoms with E-state index in [-0.39, 0.29) is 6.10 Å². The minimum absolute atomic E-state index is 0.142. The molecule has 0 spiro atoms. The second-order valence-corrected chi connectivity index (χ2v) is 8.57. The summed E-state index contributed by atoms with van der Waals surface area (Å²) in [5, 5.41) is 9.94. The molecule has 1 aliphatic carbocycles. The maximum absolute atomic E-state index is 6.27. The Morgan fingerprint density at radius 2 is 1.96 bits per heavy atom. The van der Waals surface area contributed by atoms with Crippen LogP contribution in [0.1, 0.15) is 55.7 Å². The number of methoxy groups -OCH3 is 1. The molecule has 1 atom stereocenters. The summed E-state index contributed by atoms with van der Waals surface area (Å²) in [6.45, 7) is 4.36. The van der Waals surface area contributed by atoms with Crippen molar-refractivity contribution in [1.82, 2.24) is 19.7 Å². The summed E-state index contributed by atoms with van der Waals surface area (Å²) in [6.07, 6.45) is 4.69. The number of aromatic nitrogens is 3. The highest BCUT2D eigenvalue weighted by molar-refractivity contribution is 6.30. The monoisotopic (exact) mass is 404 g/mol. The van der Waals surface area contributed by atoms with Crippen molar-refractivity contribution in [3.05, 3.63) is 40.4 Å². The highest BCUT2D eigenvalue weighted by Crippen LogP contribution is 2.36. The quantitative estimate of drug-likeness (QED) is 0.755. The van der Waals surface area contributed by atoms with Crippen molar-refractivity contribution >= 4 is 11.6 Å². The molecule has 1 aromatic heterocycles. The summed E-state index contributed by atoms with van der Waals surface area (Å²) in [5.41, 5.74) is 2.39. The number of ether oxygens (including phenoxy) is 2. The topological polar surface area (TPSA) is 52.4 Å². The average Bonchev–Trinajstić information content (AvgIpc) is 3.00. The molecule has 1 fully saturated rings. The molecule has 0 bridgehead atoms. The van der Waals surface area contributed by atoms with Gasteiger partial charge in [0, 0.05) is 24.6 Å². The molecule has 2 heterocycles. The zero-order valence-corrected chi connectivity index (χ0v) is 17.7. The summed E-state index contributed by atoms with van der Waals surface area (Å²) in [5.74, 6) is 2.49. The van der Waals surface area contributed by atoms with Gasteiger partial charge in [0.15, 0.2) is 5.82 Å². The van der Waals surface area contributed by atoms with E-state index in [1.807, 2.05) is 6.07 Å². The fourth-order valence-electron chi connectivity index (χ4n) is 4.51. The number of hydrogen-bond acceptors (Lipinski definition) is 5. The Kier molecular flexibility index (Phi) is 6.01. The van der Waals surface area contributed by atoms with Crippen LogP contribution in [0.3, 0.4) is 0 Å². The zero-order chi connectivity index (χ0) is 19.7. The minimum atomic E-state index is 0.142. The average molecular weight is 405 g/mol. The molecule has 28 heavy (non-hydrogen) atoms. The van der Waals surface area contributed by atoms with Gasteiger partial charge in [0.2, 0.25) is 0 Å². The first kappa shape index (κ1) is 19.8. The molecular formula is C21H29ClN4O2. The van der Waals surface area contributed by atoms with Crippen molar-refractivity contribution in [1.29, 1.82) is 0 Å². The summed E-state index contributed by atoms with van der Waals surface area (Å²) in [6, 6.07) is 6.13. The second kappa shape index (κ2) is 8.49. The second-order valence-electron chi connectivity index (χ2n) is 8.13. The van der Waals surface area contributed by atoms with Gasteiger partial charge in [-0.3, -0.25) is 9.47 Å². The Morgan fingerprint density at radius 1 is 1.18 bits per heavy atom. The fourth-order valence-corrected chi connectivity index (χ4v) is 4.70. The van der Waals surface area contributed by atoms with E-state index in [2.05, 4.69) is 45.8 Å². The Morgan fingerprint density at radius 3 is 2.71 bits per heavy atom. The van der Waals surface area contributed by atoms with E-state index in [1.165, 1.54) is 5.56 Å². The number of hydrogen-bond donors (Lipinski definition) is 0. The third kappa shape index (κ3) is 4.10. The van der Waals surface area contributed by atoms with Crippen LogP contribution >= 0.6 is 11.6 Å². The van der Waals surface area contributed by atoms with Crippen LogP contribution in [-0.2, 0) is 22.6 Å². The van der Waals surface area contributed by atoms with Crippen LogP contribution in [0.2, 0.25) is 5.02 Å². The molecule has 0 N–H and O–H groups in total. The fraction of sp³-hybridized carbons (Fsp3) is 0.619. The highest BCUT2D eigenvalue weighted by atomic mass is 35.5. The molecule has 6 nitrogen and oxygen atoms in total. The smallest absolute Gasteiger partial charge is 0.151 e. The van der Waals surface area contributed by atoms with Crippen LogP contribution in [0.5, 0.6) is 0 Å². The standard InChI is InChI=1S/C21H29ClN4O2/c1-14(13-27-3)28-18-7-4-15(5-8-18)21-24-23-20-12-25(2)11-16-10-17(22)6-9-19(16)26(20)21/h6,9-10,14-15,18H,4-5,7-8,11-13H2,1-3H3/t14-,15-,18-/m1/s1. The summed E-state index contributed by atoms with van der Waals surface area (Å²) in [7, 11) is 3.83. The Hall–Kier alpha value is -1.47. The van der Waals surface area contributed by atoms with Crippen LogP contribution in [-0.4, -0.2) is 52.6 Å².